The number of rotatable bonds is 6. The average Bonchev–Trinajstić information content (AvgIpc) is 2.11. The lowest BCUT2D eigenvalue weighted by Crippen LogP contribution is -2.37. The van der Waals surface area contributed by atoms with Crippen molar-refractivity contribution >= 4 is 5.97 Å². The number of nitrogens with two attached hydrogens (primary N) is 2. The van der Waals surface area contributed by atoms with Crippen LogP contribution in [0.4, 0.5) is 0 Å². The Balaban J connectivity index is 2.08. The topological polar surface area (TPSA) is 78.3 Å². The van der Waals surface area contributed by atoms with E-state index in [-0.39, 0.29) is 12.1 Å². The fraction of sp³-hybridized carbons (Fsp3) is 0.900. The molecule has 0 spiro atoms. The first kappa shape index (κ1) is 11.5. The molecule has 1 fully saturated rings. The van der Waals surface area contributed by atoms with E-state index in [9.17, 15) is 4.79 Å². The van der Waals surface area contributed by atoms with E-state index in [4.69, 9.17) is 16.2 Å². The van der Waals surface area contributed by atoms with Crippen LogP contribution in [0.5, 0.6) is 0 Å². The molecule has 1 aliphatic rings. The molecule has 82 valence electrons. The van der Waals surface area contributed by atoms with Crippen LogP contribution in [0.2, 0.25) is 0 Å². The van der Waals surface area contributed by atoms with E-state index >= 15 is 0 Å². The largest absolute Gasteiger partial charge is 0.461 e. The number of hydrogen-bond donors (Lipinski definition) is 2. The zero-order chi connectivity index (χ0) is 10.4. The monoisotopic (exact) mass is 200 g/mol. The van der Waals surface area contributed by atoms with Gasteiger partial charge in [0.15, 0.2) is 0 Å². The minimum Gasteiger partial charge on any atom is -0.461 e. The van der Waals surface area contributed by atoms with Gasteiger partial charge < -0.3 is 16.2 Å². The predicted molar refractivity (Wildman–Crippen MR) is 54.6 cm³/mol. The molecule has 0 amide bonds. The Labute approximate surface area is 85.0 Å². The lowest BCUT2D eigenvalue weighted by Gasteiger charge is -2.26. The average molecular weight is 200 g/mol. The molecule has 1 rings (SSSR count). The molecule has 14 heavy (non-hydrogen) atoms. The molecule has 1 unspecified atom stereocenters. The van der Waals surface area contributed by atoms with E-state index in [1.54, 1.807) is 0 Å². The summed E-state index contributed by atoms with van der Waals surface area (Å²) in [5.41, 5.74) is 11.0. The molecule has 4 nitrogen and oxygen atoms in total. The Bertz CT molecular complexity index is 181. The maximum absolute atomic E-state index is 11.4. The number of carbonyl (C=O) groups excluding carboxylic acids is 1. The van der Waals surface area contributed by atoms with Gasteiger partial charge in [-0.15, -0.1) is 0 Å². The van der Waals surface area contributed by atoms with Crippen LogP contribution in [0.25, 0.3) is 0 Å². The van der Waals surface area contributed by atoms with Crippen LogP contribution in [-0.2, 0) is 9.53 Å². The summed E-state index contributed by atoms with van der Waals surface area (Å²) in [6, 6.07) is -0.456. The Kier molecular flexibility index (Phi) is 4.90. The molecule has 0 aromatic carbocycles. The van der Waals surface area contributed by atoms with Crippen molar-refractivity contribution in [3.8, 4) is 0 Å². The van der Waals surface area contributed by atoms with E-state index in [0.717, 1.165) is 25.7 Å². The molecule has 0 bridgehead atoms. The van der Waals surface area contributed by atoms with Gasteiger partial charge in [0.1, 0.15) is 12.1 Å². The van der Waals surface area contributed by atoms with Crippen LogP contribution in [0.3, 0.4) is 0 Å². The minimum absolute atomic E-state index is 0.142. The maximum Gasteiger partial charge on any atom is 0.323 e. The third kappa shape index (κ3) is 3.64. The number of unbranched alkanes of at least 4 members (excludes halogenated alkanes) is 1. The smallest absolute Gasteiger partial charge is 0.323 e. The second-order valence-electron chi connectivity index (χ2n) is 3.88. The van der Waals surface area contributed by atoms with Gasteiger partial charge in [-0.05, 0) is 38.6 Å². The fourth-order valence-electron chi connectivity index (χ4n) is 1.37. The van der Waals surface area contributed by atoms with Crippen molar-refractivity contribution in [1.29, 1.82) is 0 Å². The van der Waals surface area contributed by atoms with E-state index in [2.05, 4.69) is 0 Å². The second-order valence-corrected chi connectivity index (χ2v) is 3.88. The van der Waals surface area contributed by atoms with Crippen molar-refractivity contribution in [2.24, 2.45) is 11.5 Å². The third-order valence-corrected chi connectivity index (χ3v) is 2.61. The van der Waals surface area contributed by atoms with Gasteiger partial charge in [-0.2, -0.15) is 0 Å². The maximum atomic E-state index is 11.4. The van der Waals surface area contributed by atoms with Gasteiger partial charge in [0, 0.05) is 0 Å². The van der Waals surface area contributed by atoms with Gasteiger partial charge in [-0.25, -0.2) is 0 Å². The van der Waals surface area contributed by atoms with Crippen molar-refractivity contribution < 1.29 is 9.53 Å². The Morgan fingerprint density at radius 2 is 2.14 bits per heavy atom. The van der Waals surface area contributed by atoms with Gasteiger partial charge in [0.25, 0.3) is 0 Å². The first-order valence-corrected chi connectivity index (χ1v) is 5.40. The summed E-state index contributed by atoms with van der Waals surface area (Å²) in [4.78, 5) is 11.4. The summed E-state index contributed by atoms with van der Waals surface area (Å²) >= 11 is 0. The molecular formula is C10H20N2O2. The van der Waals surface area contributed by atoms with E-state index in [1.165, 1.54) is 6.42 Å². The molecule has 1 saturated carbocycles. The Hall–Kier alpha value is -0.610. The zero-order valence-corrected chi connectivity index (χ0v) is 8.58. The van der Waals surface area contributed by atoms with Gasteiger partial charge >= 0.3 is 5.97 Å². The standard InChI is InChI=1S/C10H20N2O2/c11-7-2-1-6-9(12)10(13)14-8-4-3-5-8/h8-9H,1-7,11-12H2. The number of ether oxygens (including phenoxy) is 1. The van der Waals surface area contributed by atoms with Crippen LogP contribution in [0.15, 0.2) is 0 Å². The van der Waals surface area contributed by atoms with E-state index < -0.39 is 6.04 Å². The Morgan fingerprint density at radius 3 is 2.64 bits per heavy atom. The summed E-state index contributed by atoms with van der Waals surface area (Å²) in [6.07, 6.45) is 5.82. The van der Waals surface area contributed by atoms with Crippen molar-refractivity contribution in [2.75, 3.05) is 6.54 Å². The van der Waals surface area contributed by atoms with Crippen LogP contribution in [0, 0.1) is 0 Å². The molecule has 0 aromatic heterocycles. The molecular weight excluding hydrogens is 180 g/mol. The highest BCUT2D eigenvalue weighted by molar-refractivity contribution is 5.75. The highest BCUT2D eigenvalue weighted by Gasteiger charge is 2.24. The first-order chi connectivity index (χ1) is 6.74. The van der Waals surface area contributed by atoms with Crippen LogP contribution < -0.4 is 11.5 Å². The Morgan fingerprint density at radius 1 is 1.43 bits per heavy atom. The molecule has 0 saturated heterocycles. The van der Waals surface area contributed by atoms with Gasteiger partial charge in [0.2, 0.25) is 0 Å². The fourth-order valence-corrected chi connectivity index (χ4v) is 1.37. The summed E-state index contributed by atoms with van der Waals surface area (Å²) in [6.45, 7) is 0.657. The van der Waals surface area contributed by atoms with Crippen LogP contribution in [0.1, 0.15) is 38.5 Å². The van der Waals surface area contributed by atoms with Gasteiger partial charge in [-0.1, -0.05) is 6.42 Å². The van der Waals surface area contributed by atoms with Crippen molar-refractivity contribution in [1.82, 2.24) is 0 Å². The molecule has 0 radical (unpaired) electrons. The van der Waals surface area contributed by atoms with Crippen molar-refractivity contribution in [2.45, 2.75) is 50.7 Å². The predicted octanol–water partition coefficient (Wildman–Crippen LogP) is 0.538. The van der Waals surface area contributed by atoms with Gasteiger partial charge in [0.05, 0.1) is 0 Å². The van der Waals surface area contributed by atoms with Gasteiger partial charge in [-0.3, -0.25) is 4.79 Å². The first-order valence-electron chi connectivity index (χ1n) is 5.40. The van der Waals surface area contributed by atoms with Crippen molar-refractivity contribution in [3.05, 3.63) is 0 Å². The van der Waals surface area contributed by atoms with E-state index in [1.807, 2.05) is 0 Å². The molecule has 0 heterocycles. The molecule has 1 aliphatic carbocycles. The summed E-state index contributed by atoms with van der Waals surface area (Å²) in [5, 5.41) is 0. The minimum atomic E-state index is -0.456. The van der Waals surface area contributed by atoms with Crippen LogP contribution >= 0.6 is 0 Å². The third-order valence-electron chi connectivity index (χ3n) is 2.61. The highest BCUT2D eigenvalue weighted by atomic mass is 16.5. The van der Waals surface area contributed by atoms with E-state index in [0.29, 0.717) is 13.0 Å². The lowest BCUT2D eigenvalue weighted by atomic mass is 9.96. The second kappa shape index (κ2) is 5.98. The SMILES string of the molecule is NCCCCC(N)C(=O)OC1CCC1. The number of hydrogen-bond acceptors (Lipinski definition) is 4. The molecule has 1 atom stereocenters. The lowest BCUT2D eigenvalue weighted by molar-refractivity contribution is -0.154. The summed E-state index contributed by atoms with van der Waals surface area (Å²) < 4.78 is 5.18. The molecule has 0 aliphatic heterocycles. The molecule has 0 aromatic rings. The summed E-state index contributed by atoms with van der Waals surface area (Å²) in [7, 11) is 0. The van der Waals surface area contributed by atoms with Crippen LogP contribution in [-0.4, -0.2) is 24.7 Å². The number of carbonyl (C=O) groups is 1. The normalized spacial score (nSPS) is 18.7. The highest BCUT2D eigenvalue weighted by Crippen LogP contribution is 2.22. The molecule has 4 N–H and O–H groups in total. The number of esters is 1. The zero-order valence-electron chi connectivity index (χ0n) is 8.58. The molecule has 4 heteroatoms. The van der Waals surface area contributed by atoms with Crippen molar-refractivity contribution in [3.63, 3.8) is 0 Å². The summed E-state index contributed by atoms with van der Waals surface area (Å²) in [5.74, 6) is -0.244. The quantitative estimate of drug-likeness (QED) is 0.484.